The molecule has 4 rings (SSSR count). The molecule has 25 heavy (non-hydrogen) atoms. The highest BCUT2D eigenvalue weighted by Gasteiger charge is 2.38. The third-order valence-electron chi connectivity index (χ3n) is 4.07. The number of carboxylic acids is 1. The Kier molecular flexibility index (Phi) is 3.21. The first-order valence-corrected chi connectivity index (χ1v) is 7.42. The first-order valence-electron chi connectivity index (χ1n) is 7.42. The average molecular weight is 333 g/mol. The van der Waals surface area contributed by atoms with Gasteiger partial charge in [0.2, 0.25) is 0 Å². The third-order valence-corrected chi connectivity index (χ3v) is 4.07. The topological polar surface area (TPSA) is 103 Å². The van der Waals surface area contributed by atoms with Gasteiger partial charge in [0.15, 0.2) is 0 Å². The maximum Gasteiger partial charge on any atom is 0.337 e. The Morgan fingerprint density at radius 2 is 1.72 bits per heavy atom. The molecule has 0 radical (unpaired) electrons. The Bertz CT molecular complexity index is 990. The Morgan fingerprint density at radius 3 is 2.28 bits per heavy atom. The number of carbonyl (C=O) groups excluding carboxylic acids is 2. The second-order valence-corrected chi connectivity index (χ2v) is 5.49. The number of aromatic amines is 1. The minimum atomic E-state index is -1.23. The molecule has 0 unspecified atom stereocenters. The molecule has 1 aromatic heterocycles. The number of anilines is 1. The average Bonchev–Trinajstić information content (AvgIpc) is 3.23. The summed E-state index contributed by atoms with van der Waals surface area (Å²) in [5.41, 5.74) is 1.67. The quantitative estimate of drug-likeness (QED) is 0.717. The lowest BCUT2D eigenvalue weighted by atomic mass is 10.1. The molecule has 0 aliphatic carbocycles. The molecule has 0 bridgehead atoms. The van der Waals surface area contributed by atoms with Gasteiger partial charge in [-0.15, -0.1) is 0 Å². The van der Waals surface area contributed by atoms with E-state index in [0.29, 0.717) is 11.3 Å². The van der Waals surface area contributed by atoms with E-state index in [2.05, 4.69) is 9.97 Å². The molecule has 0 fully saturated rings. The van der Waals surface area contributed by atoms with Crippen LogP contribution in [0.2, 0.25) is 0 Å². The number of benzene rings is 2. The molecule has 0 saturated carbocycles. The molecule has 1 aliphatic heterocycles. The molecule has 3 aromatic rings. The Balaban J connectivity index is 1.85. The zero-order valence-corrected chi connectivity index (χ0v) is 12.8. The number of rotatable bonds is 3. The number of hydrogen-bond donors (Lipinski definition) is 2. The molecular formula is C18H11N3O4. The SMILES string of the molecule is O=C(O)c1cc(-c2cnc[nH]2)ccc1N1C(=O)c2ccccc2C1=O. The highest BCUT2D eigenvalue weighted by Crippen LogP contribution is 2.33. The zero-order chi connectivity index (χ0) is 17.6. The van der Waals surface area contributed by atoms with Crippen LogP contribution < -0.4 is 4.90 Å². The summed E-state index contributed by atoms with van der Waals surface area (Å²) < 4.78 is 0. The summed E-state index contributed by atoms with van der Waals surface area (Å²) in [5.74, 6) is -2.29. The maximum absolute atomic E-state index is 12.6. The monoisotopic (exact) mass is 333 g/mol. The predicted molar refractivity (Wildman–Crippen MR) is 88.6 cm³/mol. The lowest BCUT2D eigenvalue weighted by Gasteiger charge is -2.17. The van der Waals surface area contributed by atoms with Crippen molar-refractivity contribution in [2.24, 2.45) is 0 Å². The number of aromatic carboxylic acids is 1. The standard InChI is InChI=1S/C18H11N3O4/c22-16-11-3-1-2-4-12(11)17(23)21(16)15-6-5-10(7-13(15)18(24)25)14-8-19-9-20-14/h1-9H,(H,19,20)(H,24,25). The molecule has 1 aliphatic rings. The van der Waals surface area contributed by atoms with Crippen molar-refractivity contribution in [3.8, 4) is 11.3 Å². The largest absolute Gasteiger partial charge is 0.478 e. The van der Waals surface area contributed by atoms with Crippen molar-refractivity contribution in [1.29, 1.82) is 0 Å². The number of carboxylic acid groups (broad SMARTS) is 1. The van der Waals surface area contributed by atoms with Crippen molar-refractivity contribution in [3.63, 3.8) is 0 Å². The van der Waals surface area contributed by atoms with Crippen molar-refractivity contribution < 1.29 is 19.5 Å². The van der Waals surface area contributed by atoms with Gasteiger partial charge in [-0.3, -0.25) is 9.59 Å². The van der Waals surface area contributed by atoms with Crippen LogP contribution in [0.1, 0.15) is 31.1 Å². The lowest BCUT2D eigenvalue weighted by molar-refractivity contribution is 0.0698. The fraction of sp³-hybridized carbons (Fsp3) is 0. The van der Waals surface area contributed by atoms with Crippen LogP contribution in [0.4, 0.5) is 5.69 Å². The first-order chi connectivity index (χ1) is 12.1. The summed E-state index contributed by atoms with van der Waals surface area (Å²) >= 11 is 0. The molecule has 2 heterocycles. The Labute approximate surface area is 141 Å². The summed E-state index contributed by atoms with van der Waals surface area (Å²) in [6, 6.07) is 10.9. The van der Waals surface area contributed by atoms with Crippen molar-refractivity contribution >= 4 is 23.5 Å². The van der Waals surface area contributed by atoms with Gasteiger partial charge in [0.05, 0.1) is 40.6 Å². The Hall–Kier alpha value is -3.74. The first kappa shape index (κ1) is 14.8. The number of hydrogen-bond acceptors (Lipinski definition) is 4. The van der Waals surface area contributed by atoms with Gasteiger partial charge >= 0.3 is 5.97 Å². The molecule has 122 valence electrons. The van der Waals surface area contributed by atoms with E-state index in [0.717, 1.165) is 4.90 Å². The fourth-order valence-electron chi connectivity index (χ4n) is 2.89. The van der Waals surface area contributed by atoms with Crippen LogP contribution in [0.25, 0.3) is 11.3 Å². The maximum atomic E-state index is 12.6. The van der Waals surface area contributed by atoms with Gasteiger partial charge in [0.25, 0.3) is 11.8 Å². The van der Waals surface area contributed by atoms with Gasteiger partial charge in [-0.25, -0.2) is 14.7 Å². The molecule has 7 nitrogen and oxygen atoms in total. The molecule has 2 amide bonds. The number of imidazole rings is 1. The van der Waals surface area contributed by atoms with Crippen molar-refractivity contribution in [1.82, 2.24) is 9.97 Å². The summed E-state index contributed by atoms with van der Waals surface area (Å²) in [5, 5.41) is 9.56. The number of carbonyl (C=O) groups is 3. The van der Waals surface area contributed by atoms with Crippen molar-refractivity contribution in [2.75, 3.05) is 4.90 Å². The number of fused-ring (bicyclic) bond motifs is 1. The lowest BCUT2D eigenvalue weighted by Crippen LogP contribution is -2.31. The molecule has 2 N–H and O–H groups in total. The van der Waals surface area contributed by atoms with Gasteiger partial charge in [0.1, 0.15) is 0 Å². The summed E-state index contributed by atoms with van der Waals surface area (Å²) in [7, 11) is 0. The van der Waals surface area contributed by atoms with Gasteiger partial charge in [-0.05, 0) is 24.3 Å². The second-order valence-electron chi connectivity index (χ2n) is 5.49. The molecule has 0 saturated heterocycles. The highest BCUT2D eigenvalue weighted by atomic mass is 16.4. The van der Waals surface area contributed by atoms with Gasteiger partial charge in [0, 0.05) is 5.56 Å². The van der Waals surface area contributed by atoms with Gasteiger partial charge in [-0.1, -0.05) is 18.2 Å². The van der Waals surface area contributed by atoms with E-state index in [4.69, 9.17) is 0 Å². The van der Waals surface area contributed by atoms with Crippen molar-refractivity contribution in [2.45, 2.75) is 0 Å². The van der Waals surface area contributed by atoms with E-state index in [1.807, 2.05) is 0 Å². The van der Waals surface area contributed by atoms with E-state index in [1.54, 1.807) is 36.5 Å². The predicted octanol–water partition coefficient (Wildman–Crippen LogP) is 2.58. The van der Waals surface area contributed by atoms with E-state index in [-0.39, 0.29) is 22.4 Å². The number of nitrogens with one attached hydrogen (secondary N) is 1. The minimum Gasteiger partial charge on any atom is -0.478 e. The highest BCUT2D eigenvalue weighted by molar-refractivity contribution is 6.35. The van der Waals surface area contributed by atoms with E-state index in [1.165, 1.54) is 18.5 Å². The van der Waals surface area contributed by atoms with Crippen LogP contribution in [0.15, 0.2) is 55.0 Å². The molecule has 0 atom stereocenters. The molecule has 2 aromatic carbocycles. The molecule has 0 spiro atoms. The van der Waals surface area contributed by atoms with E-state index < -0.39 is 17.8 Å². The normalized spacial score (nSPS) is 13.2. The summed E-state index contributed by atoms with van der Waals surface area (Å²) in [6.07, 6.45) is 3.04. The minimum absolute atomic E-state index is 0.0435. The number of nitrogens with zero attached hydrogens (tertiary/aromatic N) is 2. The van der Waals surface area contributed by atoms with Crippen molar-refractivity contribution in [3.05, 3.63) is 71.7 Å². The van der Waals surface area contributed by atoms with Crippen LogP contribution in [-0.2, 0) is 0 Å². The van der Waals surface area contributed by atoms with Crippen LogP contribution >= 0.6 is 0 Å². The number of amides is 2. The second kappa shape index (κ2) is 5.41. The fourth-order valence-corrected chi connectivity index (χ4v) is 2.89. The third kappa shape index (κ3) is 2.21. The van der Waals surface area contributed by atoms with Crippen LogP contribution in [0.5, 0.6) is 0 Å². The van der Waals surface area contributed by atoms with Crippen LogP contribution in [0, 0.1) is 0 Å². The Morgan fingerprint density at radius 1 is 1.04 bits per heavy atom. The smallest absolute Gasteiger partial charge is 0.337 e. The summed E-state index contributed by atoms with van der Waals surface area (Å²) in [4.78, 5) is 44.6. The number of imide groups is 1. The molecular weight excluding hydrogens is 322 g/mol. The van der Waals surface area contributed by atoms with E-state index in [9.17, 15) is 19.5 Å². The van der Waals surface area contributed by atoms with E-state index >= 15 is 0 Å². The van der Waals surface area contributed by atoms with Gasteiger partial charge in [-0.2, -0.15) is 0 Å². The van der Waals surface area contributed by atoms with Crippen LogP contribution in [-0.4, -0.2) is 32.9 Å². The van der Waals surface area contributed by atoms with Crippen LogP contribution in [0.3, 0.4) is 0 Å². The number of H-pyrrole nitrogens is 1. The zero-order valence-electron chi connectivity index (χ0n) is 12.8. The summed E-state index contributed by atoms with van der Waals surface area (Å²) in [6.45, 7) is 0. The number of aromatic nitrogens is 2. The molecule has 7 heteroatoms. The van der Waals surface area contributed by atoms with Gasteiger partial charge < -0.3 is 10.1 Å².